The molecule has 2 rings (SSSR count). The first kappa shape index (κ1) is 15.2. The Hall–Kier alpha value is -1.18. The lowest BCUT2D eigenvalue weighted by atomic mass is 10.2. The van der Waals surface area contributed by atoms with Crippen LogP contribution in [0, 0.1) is 5.82 Å². The van der Waals surface area contributed by atoms with Gasteiger partial charge in [-0.05, 0) is 24.6 Å². The molecule has 108 valence electrons. The molecule has 0 fully saturated rings. The van der Waals surface area contributed by atoms with Gasteiger partial charge < -0.3 is 0 Å². The zero-order chi connectivity index (χ0) is 14.9. The fraction of sp³-hybridized carbons (Fsp3) is 0.273. The molecule has 9 heteroatoms. The van der Waals surface area contributed by atoms with Crippen LogP contribution in [0.2, 0.25) is 5.02 Å². The highest BCUT2D eigenvalue weighted by molar-refractivity contribution is 8.13. The largest absolute Gasteiger partial charge is 0.297 e. The molecular weight excluding hydrogens is 328 g/mol. The minimum Gasteiger partial charge on any atom is -0.297 e. The van der Waals surface area contributed by atoms with Crippen molar-refractivity contribution in [2.45, 2.75) is 25.0 Å². The summed E-state index contributed by atoms with van der Waals surface area (Å²) in [4.78, 5) is 0. The Morgan fingerprint density at radius 3 is 2.60 bits per heavy atom. The van der Waals surface area contributed by atoms with E-state index in [4.69, 9.17) is 22.3 Å². The molecule has 0 saturated carbocycles. The van der Waals surface area contributed by atoms with Crippen molar-refractivity contribution in [1.82, 2.24) is 14.8 Å². The Morgan fingerprint density at radius 2 is 2.05 bits per heavy atom. The minimum atomic E-state index is -4.02. The molecule has 0 unspecified atom stereocenters. The maximum absolute atomic E-state index is 13.1. The van der Waals surface area contributed by atoms with Crippen LogP contribution in [-0.4, -0.2) is 23.2 Å². The Labute approximate surface area is 124 Å². The molecule has 0 aliphatic carbocycles. The summed E-state index contributed by atoms with van der Waals surface area (Å²) in [7, 11) is 1.30. The summed E-state index contributed by atoms with van der Waals surface area (Å²) in [6, 6.07) is 3.75. The van der Waals surface area contributed by atoms with Gasteiger partial charge in [-0.3, -0.25) is 4.57 Å². The quantitative estimate of drug-likeness (QED) is 0.804. The zero-order valence-electron chi connectivity index (χ0n) is 10.3. The van der Waals surface area contributed by atoms with E-state index in [-0.39, 0.29) is 16.0 Å². The van der Waals surface area contributed by atoms with Gasteiger partial charge in [0.2, 0.25) is 0 Å². The molecule has 0 aliphatic rings. The first-order valence-corrected chi connectivity index (χ1v) is 8.36. The summed E-state index contributed by atoms with van der Waals surface area (Å²) < 4.78 is 37.3. The molecule has 0 amide bonds. The first-order valence-electron chi connectivity index (χ1n) is 5.68. The molecule has 1 aromatic carbocycles. The summed E-state index contributed by atoms with van der Waals surface area (Å²) in [6.45, 7) is 2.21. The number of rotatable bonds is 4. The molecule has 1 heterocycles. The normalized spacial score (nSPS) is 11.8. The van der Waals surface area contributed by atoms with Gasteiger partial charge in [-0.1, -0.05) is 18.5 Å². The molecule has 2 aromatic rings. The van der Waals surface area contributed by atoms with Gasteiger partial charge in [-0.2, -0.15) is 0 Å². The fourth-order valence-corrected chi connectivity index (χ4v) is 2.94. The van der Waals surface area contributed by atoms with Crippen LogP contribution in [0.5, 0.6) is 0 Å². The van der Waals surface area contributed by atoms with Crippen molar-refractivity contribution in [1.29, 1.82) is 0 Å². The van der Waals surface area contributed by atoms with E-state index in [9.17, 15) is 12.8 Å². The van der Waals surface area contributed by atoms with Gasteiger partial charge in [0.1, 0.15) is 5.82 Å². The lowest BCUT2D eigenvalue weighted by molar-refractivity contribution is 0.570. The monoisotopic (exact) mass is 337 g/mol. The van der Waals surface area contributed by atoms with E-state index in [2.05, 4.69) is 10.2 Å². The predicted molar refractivity (Wildman–Crippen MR) is 73.8 cm³/mol. The number of hydrogen-bond donors (Lipinski definition) is 0. The second kappa shape index (κ2) is 5.67. The lowest BCUT2D eigenvalue weighted by Crippen LogP contribution is -2.07. The van der Waals surface area contributed by atoms with Gasteiger partial charge in [0.05, 0.1) is 5.02 Å². The Balaban J connectivity index is 2.66. The van der Waals surface area contributed by atoms with Crippen LogP contribution in [0.1, 0.15) is 13.3 Å². The molecule has 0 radical (unpaired) electrons. The number of nitrogens with zero attached hydrogens (tertiary/aromatic N) is 3. The molecule has 0 bridgehead atoms. The molecule has 0 aliphatic heterocycles. The van der Waals surface area contributed by atoms with Crippen molar-refractivity contribution >= 4 is 31.3 Å². The summed E-state index contributed by atoms with van der Waals surface area (Å²) in [5, 5.41) is 7.16. The first-order chi connectivity index (χ1) is 9.34. The van der Waals surface area contributed by atoms with Gasteiger partial charge in [0, 0.05) is 22.8 Å². The van der Waals surface area contributed by atoms with Gasteiger partial charge in [-0.25, -0.2) is 12.8 Å². The third kappa shape index (κ3) is 2.94. The van der Waals surface area contributed by atoms with Crippen LogP contribution >= 0.6 is 22.3 Å². The molecular formula is C11H10Cl2FN3O2S. The van der Waals surface area contributed by atoms with Crippen LogP contribution in [-0.2, 0) is 15.6 Å². The van der Waals surface area contributed by atoms with Crippen LogP contribution in [0.4, 0.5) is 4.39 Å². The lowest BCUT2D eigenvalue weighted by Gasteiger charge is -2.08. The van der Waals surface area contributed by atoms with Crippen molar-refractivity contribution in [2.75, 3.05) is 0 Å². The number of hydrogen-bond acceptors (Lipinski definition) is 4. The summed E-state index contributed by atoms with van der Waals surface area (Å²) in [5.74, 6) is -0.262. The van der Waals surface area contributed by atoms with E-state index in [0.717, 1.165) is 6.07 Å². The smallest absolute Gasteiger partial charge is 0.296 e. The van der Waals surface area contributed by atoms with Crippen LogP contribution in [0.15, 0.2) is 23.4 Å². The van der Waals surface area contributed by atoms with Crippen LogP contribution < -0.4 is 0 Å². The van der Waals surface area contributed by atoms with Crippen molar-refractivity contribution < 1.29 is 12.8 Å². The highest BCUT2D eigenvalue weighted by Crippen LogP contribution is 2.29. The van der Waals surface area contributed by atoms with E-state index < -0.39 is 14.9 Å². The van der Waals surface area contributed by atoms with E-state index in [1.165, 1.54) is 16.7 Å². The highest BCUT2D eigenvalue weighted by atomic mass is 35.7. The standard InChI is InChI=1S/C11H10Cl2FN3O2S/c1-2-5-17-10(15-16-11(17)20(13,18)19)8-4-3-7(14)6-9(8)12/h3-4,6H,2,5H2,1H3. The van der Waals surface area contributed by atoms with Gasteiger partial charge >= 0.3 is 0 Å². The van der Waals surface area contributed by atoms with Crippen molar-refractivity contribution in [3.05, 3.63) is 29.0 Å². The number of halogens is 3. The molecule has 0 spiro atoms. The molecule has 0 atom stereocenters. The van der Waals surface area contributed by atoms with E-state index in [0.29, 0.717) is 18.5 Å². The highest BCUT2D eigenvalue weighted by Gasteiger charge is 2.23. The molecule has 0 N–H and O–H groups in total. The summed E-state index contributed by atoms with van der Waals surface area (Å²) in [5.41, 5.74) is 0.389. The Bertz CT molecular complexity index is 746. The maximum atomic E-state index is 13.1. The summed E-state index contributed by atoms with van der Waals surface area (Å²) in [6.07, 6.45) is 0.642. The molecule has 20 heavy (non-hydrogen) atoms. The average molecular weight is 338 g/mol. The van der Waals surface area contributed by atoms with Gasteiger partial charge in [0.15, 0.2) is 5.82 Å². The van der Waals surface area contributed by atoms with Crippen LogP contribution in [0.25, 0.3) is 11.4 Å². The molecule has 0 saturated heterocycles. The Morgan fingerprint density at radius 1 is 1.35 bits per heavy atom. The number of benzene rings is 1. The Kier molecular flexibility index (Phi) is 4.31. The van der Waals surface area contributed by atoms with E-state index in [1.54, 1.807) is 0 Å². The second-order valence-corrected chi connectivity index (χ2v) is 6.89. The minimum absolute atomic E-state index is 0.119. The second-order valence-electron chi connectivity index (χ2n) is 4.02. The van der Waals surface area contributed by atoms with Crippen molar-refractivity contribution in [3.63, 3.8) is 0 Å². The van der Waals surface area contributed by atoms with Gasteiger partial charge in [0.25, 0.3) is 14.2 Å². The topological polar surface area (TPSA) is 64.8 Å². The van der Waals surface area contributed by atoms with Crippen LogP contribution in [0.3, 0.4) is 0 Å². The van der Waals surface area contributed by atoms with Crippen molar-refractivity contribution in [3.8, 4) is 11.4 Å². The maximum Gasteiger partial charge on any atom is 0.296 e. The third-order valence-electron chi connectivity index (χ3n) is 2.55. The predicted octanol–water partition coefficient (Wildman–Crippen LogP) is 3.08. The van der Waals surface area contributed by atoms with Gasteiger partial charge in [-0.15, -0.1) is 10.2 Å². The van der Waals surface area contributed by atoms with Crippen molar-refractivity contribution in [2.24, 2.45) is 0 Å². The summed E-state index contributed by atoms with van der Waals surface area (Å²) >= 11 is 5.96. The third-order valence-corrected chi connectivity index (χ3v) is 4.02. The molecule has 5 nitrogen and oxygen atoms in total. The van der Waals surface area contributed by atoms with E-state index in [1.807, 2.05) is 6.92 Å². The SMILES string of the molecule is CCCn1c(-c2ccc(F)cc2Cl)nnc1S(=O)(=O)Cl. The number of aromatic nitrogens is 3. The zero-order valence-corrected chi connectivity index (χ0v) is 12.7. The fourth-order valence-electron chi connectivity index (χ4n) is 1.76. The molecule has 1 aromatic heterocycles. The van der Waals surface area contributed by atoms with E-state index >= 15 is 0 Å². The average Bonchev–Trinajstić information content (AvgIpc) is 2.73.